The summed E-state index contributed by atoms with van der Waals surface area (Å²) < 4.78 is 0. The van der Waals surface area contributed by atoms with Gasteiger partial charge in [-0.25, -0.2) is 0 Å². The maximum Gasteiger partial charge on any atom is 0.0900 e. The quantitative estimate of drug-likeness (QED) is 0.709. The van der Waals surface area contributed by atoms with Gasteiger partial charge in [0.25, 0.3) is 0 Å². The van der Waals surface area contributed by atoms with E-state index < -0.39 is 5.60 Å². The summed E-state index contributed by atoms with van der Waals surface area (Å²) in [5.74, 6) is 0. The first-order chi connectivity index (χ1) is 6.11. The molecule has 0 saturated carbocycles. The number of hydrogen-bond acceptors (Lipinski definition) is 3. The lowest BCUT2D eigenvalue weighted by Crippen LogP contribution is -2.63. The molecule has 1 aliphatic heterocycles. The van der Waals surface area contributed by atoms with Crippen molar-refractivity contribution in [3.63, 3.8) is 0 Å². The summed E-state index contributed by atoms with van der Waals surface area (Å²) >= 11 is 0. The first kappa shape index (κ1) is 10.5. The first-order valence-electron chi connectivity index (χ1n) is 4.94. The third-order valence-electron chi connectivity index (χ3n) is 2.72. The molecule has 13 heavy (non-hydrogen) atoms. The van der Waals surface area contributed by atoms with Crippen LogP contribution in [-0.2, 0) is 0 Å². The van der Waals surface area contributed by atoms with Crippen LogP contribution in [-0.4, -0.2) is 34.7 Å². The van der Waals surface area contributed by atoms with Crippen molar-refractivity contribution in [1.29, 1.82) is 5.26 Å². The molecule has 0 aromatic carbocycles. The number of nitriles is 1. The van der Waals surface area contributed by atoms with Gasteiger partial charge in [0.2, 0.25) is 0 Å². The van der Waals surface area contributed by atoms with Crippen molar-refractivity contribution in [3.8, 4) is 6.07 Å². The molecule has 0 aromatic rings. The van der Waals surface area contributed by atoms with Gasteiger partial charge in [-0.2, -0.15) is 5.26 Å². The second-order valence-electron chi connectivity index (χ2n) is 4.09. The molecule has 0 radical (unpaired) electrons. The van der Waals surface area contributed by atoms with Gasteiger partial charge in [0.15, 0.2) is 0 Å². The molecule has 0 bridgehead atoms. The van der Waals surface area contributed by atoms with Crippen molar-refractivity contribution in [3.05, 3.63) is 0 Å². The standard InChI is InChI=1S/C10H18N2O/c1-3-5-10(13)7-12(8-10)9(2)4-6-11/h9,13H,3-5,7-8H2,1-2H3. The van der Waals surface area contributed by atoms with Crippen LogP contribution in [0.1, 0.15) is 33.1 Å². The Morgan fingerprint density at radius 3 is 2.69 bits per heavy atom. The monoisotopic (exact) mass is 182 g/mol. The molecule has 3 heteroatoms. The number of nitrogens with zero attached hydrogens (tertiary/aromatic N) is 2. The van der Waals surface area contributed by atoms with Gasteiger partial charge in [-0.15, -0.1) is 0 Å². The smallest absolute Gasteiger partial charge is 0.0900 e. The predicted octanol–water partition coefficient (Wildman–Crippen LogP) is 1.14. The predicted molar refractivity (Wildman–Crippen MR) is 51.1 cm³/mol. The maximum atomic E-state index is 9.87. The second-order valence-corrected chi connectivity index (χ2v) is 4.09. The van der Waals surface area contributed by atoms with Crippen molar-refractivity contribution in [1.82, 2.24) is 4.90 Å². The number of likely N-dealkylation sites (tertiary alicyclic amines) is 1. The zero-order valence-electron chi connectivity index (χ0n) is 8.45. The van der Waals surface area contributed by atoms with Crippen molar-refractivity contribution < 1.29 is 5.11 Å². The number of β-amino-alcohol motifs (C(OH)–C–C–N with tert-alkyl or cyclic N) is 1. The molecule has 1 saturated heterocycles. The number of aliphatic hydroxyl groups is 1. The van der Waals surface area contributed by atoms with Gasteiger partial charge in [0, 0.05) is 19.1 Å². The molecule has 1 fully saturated rings. The molecular formula is C10H18N2O. The Morgan fingerprint density at radius 2 is 2.23 bits per heavy atom. The number of hydrogen-bond donors (Lipinski definition) is 1. The van der Waals surface area contributed by atoms with E-state index in [2.05, 4.69) is 17.9 Å². The molecule has 1 heterocycles. The van der Waals surface area contributed by atoms with Crippen LogP contribution in [0, 0.1) is 11.3 Å². The number of rotatable bonds is 4. The fourth-order valence-electron chi connectivity index (χ4n) is 1.91. The summed E-state index contributed by atoms with van der Waals surface area (Å²) in [5, 5.41) is 18.4. The van der Waals surface area contributed by atoms with Gasteiger partial charge >= 0.3 is 0 Å². The molecule has 0 aliphatic carbocycles. The summed E-state index contributed by atoms with van der Waals surface area (Å²) in [4.78, 5) is 2.17. The largest absolute Gasteiger partial charge is 0.387 e. The van der Waals surface area contributed by atoms with E-state index in [0.29, 0.717) is 12.5 Å². The molecule has 74 valence electrons. The lowest BCUT2D eigenvalue weighted by Gasteiger charge is -2.49. The molecule has 1 unspecified atom stereocenters. The van der Waals surface area contributed by atoms with Gasteiger partial charge in [0.1, 0.15) is 0 Å². The van der Waals surface area contributed by atoms with E-state index in [4.69, 9.17) is 5.26 Å². The lowest BCUT2D eigenvalue weighted by atomic mass is 9.88. The van der Waals surface area contributed by atoms with Crippen LogP contribution in [0.25, 0.3) is 0 Å². The fourth-order valence-corrected chi connectivity index (χ4v) is 1.91. The van der Waals surface area contributed by atoms with Crippen LogP contribution in [0.5, 0.6) is 0 Å². The summed E-state index contributed by atoms with van der Waals surface area (Å²) in [6.07, 6.45) is 2.46. The van der Waals surface area contributed by atoms with E-state index in [-0.39, 0.29) is 0 Å². The van der Waals surface area contributed by atoms with Crippen LogP contribution in [0.15, 0.2) is 0 Å². The summed E-state index contributed by atoms with van der Waals surface area (Å²) in [6, 6.07) is 2.45. The highest BCUT2D eigenvalue weighted by Crippen LogP contribution is 2.27. The van der Waals surface area contributed by atoms with Crippen LogP contribution < -0.4 is 0 Å². The average Bonchev–Trinajstić information content (AvgIpc) is 2.01. The summed E-state index contributed by atoms with van der Waals surface area (Å²) in [5.41, 5.74) is -0.460. The Kier molecular flexibility index (Phi) is 3.29. The molecule has 1 aliphatic rings. The minimum Gasteiger partial charge on any atom is -0.387 e. The minimum atomic E-state index is -0.460. The average molecular weight is 182 g/mol. The van der Waals surface area contributed by atoms with Crippen molar-refractivity contribution in [2.24, 2.45) is 0 Å². The zero-order chi connectivity index (χ0) is 9.90. The lowest BCUT2D eigenvalue weighted by molar-refractivity contribution is -0.116. The summed E-state index contributed by atoms with van der Waals surface area (Å²) in [6.45, 7) is 5.60. The van der Waals surface area contributed by atoms with Crippen LogP contribution in [0.3, 0.4) is 0 Å². The normalized spacial score (nSPS) is 23.2. The van der Waals surface area contributed by atoms with Crippen molar-refractivity contribution >= 4 is 0 Å². The molecule has 1 N–H and O–H groups in total. The third kappa shape index (κ3) is 2.43. The SMILES string of the molecule is CCCC1(O)CN(C(C)CC#N)C1. The Balaban J connectivity index is 2.28. The van der Waals surface area contributed by atoms with Gasteiger partial charge in [0.05, 0.1) is 18.1 Å². The Labute approximate surface area is 80.0 Å². The van der Waals surface area contributed by atoms with E-state index in [1.165, 1.54) is 0 Å². The highest BCUT2D eigenvalue weighted by atomic mass is 16.3. The van der Waals surface area contributed by atoms with Gasteiger partial charge in [-0.1, -0.05) is 13.3 Å². The van der Waals surface area contributed by atoms with E-state index in [1.807, 2.05) is 6.92 Å². The Hall–Kier alpha value is -0.590. The topological polar surface area (TPSA) is 47.3 Å². The van der Waals surface area contributed by atoms with E-state index in [1.54, 1.807) is 0 Å². The van der Waals surface area contributed by atoms with E-state index in [0.717, 1.165) is 25.9 Å². The molecule has 1 rings (SSSR count). The maximum absolute atomic E-state index is 9.87. The molecule has 0 amide bonds. The zero-order valence-corrected chi connectivity index (χ0v) is 8.45. The Morgan fingerprint density at radius 1 is 1.62 bits per heavy atom. The second kappa shape index (κ2) is 4.08. The van der Waals surface area contributed by atoms with E-state index in [9.17, 15) is 5.11 Å². The molecule has 0 aromatic heterocycles. The van der Waals surface area contributed by atoms with Gasteiger partial charge in [-0.3, -0.25) is 4.90 Å². The van der Waals surface area contributed by atoms with Crippen LogP contribution in [0.4, 0.5) is 0 Å². The third-order valence-corrected chi connectivity index (χ3v) is 2.72. The van der Waals surface area contributed by atoms with Crippen LogP contribution in [0.2, 0.25) is 0 Å². The van der Waals surface area contributed by atoms with Crippen molar-refractivity contribution in [2.75, 3.05) is 13.1 Å². The molecule has 0 spiro atoms. The van der Waals surface area contributed by atoms with Crippen LogP contribution >= 0.6 is 0 Å². The highest BCUT2D eigenvalue weighted by Gasteiger charge is 2.41. The van der Waals surface area contributed by atoms with Crippen molar-refractivity contribution in [2.45, 2.75) is 44.8 Å². The molecular weight excluding hydrogens is 164 g/mol. The fraction of sp³-hybridized carbons (Fsp3) is 0.900. The Bertz CT molecular complexity index is 203. The van der Waals surface area contributed by atoms with E-state index >= 15 is 0 Å². The van der Waals surface area contributed by atoms with Gasteiger partial charge in [-0.05, 0) is 13.3 Å². The molecule has 1 atom stereocenters. The first-order valence-corrected chi connectivity index (χ1v) is 4.94. The summed E-state index contributed by atoms with van der Waals surface area (Å²) in [7, 11) is 0. The molecule has 3 nitrogen and oxygen atoms in total. The minimum absolute atomic E-state index is 0.294. The van der Waals surface area contributed by atoms with Gasteiger partial charge < -0.3 is 5.11 Å². The highest BCUT2D eigenvalue weighted by molar-refractivity contribution is 4.98.